The molecule has 3 heteroatoms. The number of ether oxygens (including phenoxy) is 2. The maximum Gasteiger partial charge on any atom is 0.123 e. The van der Waals surface area contributed by atoms with E-state index in [-0.39, 0.29) is 5.92 Å². The third-order valence-corrected chi connectivity index (χ3v) is 3.58. The number of hydrogen-bond acceptors (Lipinski definition) is 3. The van der Waals surface area contributed by atoms with Gasteiger partial charge in [-0.1, -0.05) is 30.3 Å². The smallest absolute Gasteiger partial charge is 0.123 e. The van der Waals surface area contributed by atoms with E-state index in [2.05, 4.69) is 0 Å². The summed E-state index contributed by atoms with van der Waals surface area (Å²) in [6.07, 6.45) is -0.561. The van der Waals surface area contributed by atoms with Crippen molar-refractivity contribution in [1.29, 1.82) is 0 Å². The molecule has 0 fully saturated rings. The minimum Gasteiger partial charge on any atom is -0.497 e. The van der Waals surface area contributed by atoms with Crippen molar-refractivity contribution < 1.29 is 14.6 Å². The average Bonchev–Trinajstić information content (AvgIpc) is 2.90. The van der Waals surface area contributed by atoms with Crippen LogP contribution in [-0.4, -0.2) is 18.8 Å². The van der Waals surface area contributed by atoms with Crippen LogP contribution < -0.4 is 9.47 Å². The van der Waals surface area contributed by atoms with Crippen LogP contribution in [0.5, 0.6) is 11.5 Å². The maximum atomic E-state index is 10.5. The summed E-state index contributed by atoms with van der Waals surface area (Å²) in [7, 11) is 1.63. The Balaban J connectivity index is 1.86. The van der Waals surface area contributed by atoms with Crippen LogP contribution in [0.3, 0.4) is 0 Å². The molecule has 2 atom stereocenters. The van der Waals surface area contributed by atoms with Crippen molar-refractivity contribution in [2.75, 3.05) is 13.7 Å². The second-order valence-corrected chi connectivity index (χ2v) is 4.67. The number of para-hydroxylation sites is 1. The van der Waals surface area contributed by atoms with Crippen molar-refractivity contribution in [3.63, 3.8) is 0 Å². The molecule has 2 aromatic rings. The molecule has 0 aromatic heterocycles. The largest absolute Gasteiger partial charge is 0.497 e. The second-order valence-electron chi connectivity index (χ2n) is 4.67. The van der Waals surface area contributed by atoms with Crippen LogP contribution in [0.1, 0.15) is 23.1 Å². The lowest BCUT2D eigenvalue weighted by Crippen LogP contribution is -2.12. The number of hydrogen-bond donors (Lipinski definition) is 1. The highest BCUT2D eigenvalue weighted by atomic mass is 16.5. The van der Waals surface area contributed by atoms with E-state index in [1.165, 1.54) is 0 Å². The van der Waals surface area contributed by atoms with Gasteiger partial charge in [-0.2, -0.15) is 0 Å². The van der Waals surface area contributed by atoms with Gasteiger partial charge >= 0.3 is 0 Å². The van der Waals surface area contributed by atoms with Gasteiger partial charge in [-0.05, 0) is 23.8 Å². The molecule has 1 aliphatic rings. The first-order valence-corrected chi connectivity index (χ1v) is 6.33. The van der Waals surface area contributed by atoms with Gasteiger partial charge in [0.15, 0.2) is 0 Å². The summed E-state index contributed by atoms with van der Waals surface area (Å²) >= 11 is 0. The highest BCUT2D eigenvalue weighted by Gasteiger charge is 2.30. The van der Waals surface area contributed by atoms with Gasteiger partial charge in [0.25, 0.3) is 0 Å². The number of methoxy groups -OCH3 is 1. The van der Waals surface area contributed by atoms with Crippen LogP contribution in [0.15, 0.2) is 48.5 Å². The quantitative estimate of drug-likeness (QED) is 0.917. The van der Waals surface area contributed by atoms with E-state index in [0.29, 0.717) is 6.61 Å². The molecule has 0 radical (unpaired) electrons. The number of fused-ring (bicyclic) bond motifs is 1. The van der Waals surface area contributed by atoms with E-state index < -0.39 is 6.10 Å². The molecular formula is C16H16O3. The maximum absolute atomic E-state index is 10.5. The molecule has 19 heavy (non-hydrogen) atoms. The van der Waals surface area contributed by atoms with Gasteiger partial charge in [0.05, 0.1) is 25.7 Å². The fourth-order valence-corrected chi connectivity index (χ4v) is 2.48. The number of rotatable bonds is 3. The van der Waals surface area contributed by atoms with Crippen LogP contribution >= 0.6 is 0 Å². The lowest BCUT2D eigenvalue weighted by molar-refractivity contribution is 0.130. The van der Waals surface area contributed by atoms with Crippen molar-refractivity contribution in [1.82, 2.24) is 0 Å². The van der Waals surface area contributed by atoms with Crippen molar-refractivity contribution >= 4 is 0 Å². The Bertz CT molecular complexity index is 562. The zero-order valence-electron chi connectivity index (χ0n) is 10.7. The van der Waals surface area contributed by atoms with E-state index in [1.807, 2.05) is 48.5 Å². The Labute approximate surface area is 112 Å². The topological polar surface area (TPSA) is 38.7 Å². The summed E-state index contributed by atoms with van der Waals surface area (Å²) in [5.74, 6) is 1.66. The van der Waals surface area contributed by atoms with Crippen LogP contribution in [-0.2, 0) is 0 Å². The molecule has 2 unspecified atom stereocenters. The summed E-state index contributed by atoms with van der Waals surface area (Å²) in [6, 6.07) is 15.4. The first-order valence-electron chi connectivity index (χ1n) is 6.33. The van der Waals surface area contributed by atoms with E-state index in [1.54, 1.807) is 7.11 Å². The fourth-order valence-electron chi connectivity index (χ4n) is 2.48. The first-order chi connectivity index (χ1) is 9.29. The molecule has 2 aromatic carbocycles. The second kappa shape index (κ2) is 4.94. The zero-order chi connectivity index (χ0) is 13.2. The Hall–Kier alpha value is -2.00. The summed E-state index contributed by atoms with van der Waals surface area (Å²) in [4.78, 5) is 0. The Kier molecular flexibility index (Phi) is 3.13. The number of benzene rings is 2. The molecule has 98 valence electrons. The fraction of sp³-hybridized carbons (Fsp3) is 0.250. The van der Waals surface area contributed by atoms with Crippen molar-refractivity contribution in [3.8, 4) is 11.5 Å². The van der Waals surface area contributed by atoms with Crippen LogP contribution in [0.4, 0.5) is 0 Å². The number of aliphatic hydroxyl groups excluding tert-OH is 1. The minimum atomic E-state index is -0.561. The van der Waals surface area contributed by atoms with Gasteiger partial charge in [-0.25, -0.2) is 0 Å². The Morgan fingerprint density at radius 2 is 1.89 bits per heavy atom. The van der Waals surface area contributed by atoms with Gasteiger partial charge in [0, 0.05) is 5.56 Å². The summed E-state index contributed by atoms with van der Waals surface area (Å²) in [5.41, 5.74) is 1.96. The SMILES string of the molecule is COc1ccc(C(O)C2COc3ccccc32)cc1. The predicted molar refractivity (Wildman–Crippen MR) is 72.6 cm³/mol. The van der Waals surface area contributed by atoms with Crippen LogP contribution in [0.2, 0.25) is 0 Å². The van der Waals surface area contributed by atoms with Gasteiger partial charge in [0.2, 0.25) is 0 Å². The van der Waals surface area contributed by atoms with Gasteiger partial charge in [0.1, 0.15) is 11.5 Å². The highest BCUT2D eigenvalue weighted by molar-refractivity contribution is 5.42. The molecule has 0 saturated heterocycles. The summed E-state index contributed by atoms with van der Waals surface area (Å²) in [6.45, 7) is 0.520. The van der Waals surface area contributed by atoms with Crippen LogP contribution in [0.25, 0.3) is 0 Å². The molecular weight excluding hydrogens is 240 g/mol. The molecule has 1 N–H and O–H groups in total. The molecule has 1 aliphatic heterocycles. The van der Waals surface area contributed by atoms with Gasteiger partial charge in [-0.15, -0.1) is 0 Å². The van der Waals surface area contributed by atoms with E-state index in [0.717, 1.165) is 22.6 Å². The highest BCUT2D eigenvalue weighted by Crippen LogP contribution is 2.41. The normalized spacial score (nSPS) is 18.5. The van der Waals surface area contributed by atoms with Crippen LogP contribution in [0, 0.1) is 0 Å². The predicted octanol–water partition coefficient (Wildman–Crippen LogP) is 2.90. The molecule has 0 spiro atoms. The third-order valence-electron chi connectivity index (χ3n) is 3.58. The molecule has 0 aliphatic carbocycles. The lowest BCUT2D eigenvalue weighted by atomic mass is 9.91. The summed E-state index contributed by atoms with van der Waals surface area (Å²) < 4.78 is 10.7. The van der Waals surface area contributed by atoms with Crippen molar-refractivity contribution in [2.45, 2.75) is 12.0 Å². The summed E-state index contributed by atoms with van der Waals surface area (Å²) in [5, 5.41) is 10.5. The first kappa shape index (κ1) is 12.1. The monoisotopic (exact) mass is 256 g/mol. The van der Waals surface area contributed by atoms with Crippen molar-refractivity contribution in [3.05, 3.63) is 59.7 Å². The Morgan fingerprint density at radius 1 is 1.16 bits per heavy atom. The molecule has 3 rings (SSSR count). The van der Waals surface area contributed by atoms with E-state index >= 15 is 0 Å². The molecule has 1 heterocycles. The van der Waals surface area contributed by atoms with Gasteiger partial charge < -0.3 is 14.6 Å². The van der Waals surface area contributed by atoms with E-state index in [9.17, 15) is 5.11 Å². The van der Waals surface area contributed by atoms with E-state index in [4.69, 9.17) is 9.47 Å². The lowest BCUT2D eigenvalue weighted by Gasteiger charge is -2.17. The Morgan fingerprint density at radius 3 is 2.63 bits per heavy atom. The minimum absolute atomic E-state index is 0.00963. The standard InChI is InChI=1S/C16H16O3/c1-18-12-8-6-11(7-9-12)16(17)14-10-19-15-5-3-2-4-13(14)15/h2-9,14,16-17H,10H2,1H3. The molecule has 0 saturated carbocycles. The number of aliphatic hydroxyl groups is 1. The van der Waals surface area contributed by atoms with Crippen molar-refractivity contribution in [2.24, 2.45) is 0 Å². The van der Waals surface area contributed by atoms with Gasteiger partial charge in [-0.3, -0.25) is 0 Å². The molecule has 0 amide bonds. The molecule has 0 bridgehead atoms. The third kappa shape index (κ3) is 2.17. The molecule has 3 nitrogen and oxygen atoms in total. The zero-order valence-corrected chi connectivity index (χ0v) is 10.7. The average molecular weight is 256 g/mol.